The van der Waals surface area contributed by atoms with E-state index < -0.39 is 0 Å². The Morgan fingerprint density at radius 2 is 1.79 bits per heavy atom. The van der Waals surface area contributed by atoms with Crippen LogP contribution in [0.5, 0.6) is 11.5 Å². The minimum Gasteiger partial charge on any atom is -0.493 e. The average Bonchev–Trinajstić information content (AvgIpc) is 2.74. The van der Waals surface area contributed by atoms with Crippen LogP contribution in [0.15, 0.2) is 54.6 Å². The number of hydrogen-bond acceptors (Lipinski definition) is 4. The number of hydrogen-bond donors (Lipinski definition) is 0. The molecule has 0 radical (unpaired) electrons. The Morgan fingerprint density at radius 1 is 1.04 bits per heavy atom. The number of benzene rings is 2. The molecular weight excluding hydrogens is 352 g/mol. The van der Waals surface area contributed by atoms with Gasteiger partial charge in [0, 0.05) is 32.7 Å². The van der Waals surface area contributed by atoms with Crippen LogP contribution in [0.25, 0.3) is 6.08 Å². The second-order valence-corrected chi connectivity index (χ2v) is 6.84. The summed E-state index contributed by atoms with van der Waals surface area (Å²) in [5.41, 5.74) is 2.34. The van der Waals surface area contributed by atoms with Crippen LogP contribution in [-0.4, -0.2) is 55.6 Å². The molecule has 28 heavy (non-hydrogen) atoms. The van der Waals surface area contributed by atoms with Crippen molar-refractivity contribution in [1.82, 2.24) is 9.80 Å². The van der Waals surface area contributed by atoms with E-state index in [1.165, 1.54) is 5.56 Å². The predicted molar refractivity (Wildman–Crippen MR) is 111 cm³/mol. The van der Waals surface area contributed by atoms with E-state index in [1.54, 1.807) is 7.11 Å². The number of methoxy groups -OCH3 is 1. The van der Waals surface area contributed by atoms with Gasteiger partial charge in [0.05, 0.1) is 7.11 Å². The highest BCUT2D eigenvalue weighted by Gasteiger charge is 2.21. The molecule has 1 aliphatic rings. The molecule has 0 spiro atoms. The summed E-state index contributed by atoms with van der Waals surface area (Å²) in [6.07, 6.45) is 3.96. The van der Waals surface area contributed by atoms with Crippen LogP contribution in [0.1, 0.15) is 18.1 Å². The van der Waals surface area contributed by atoms with Gasteiger partial charge in [0.1, 0.15) is 0 Å². The van der Waals surface area contributed by atoms with Crippen LogP contribution >= 0.6 is 0 Å². The molecule has 0 aliphatic carbocycles. The van der Waals surface area contributed by atoms with Gasteiger partial charge in [-0.25, -0.2) is 0 Å². The lowest BCUT2D eigenvalue weighted by atomic mass is 10.2. The molecule has 148 valence electrons. The van der Waals surface area contributed by atoms with Gasteiger partial charge in [0.2, 0.25) is 0 Å². The molecule has 5 heteroatoms. The number of amides is 1. The molecule has 0 bridgehead atoms. The van der Waals surface area contributed by atoms with E-state index in [9.17, 15) is 4.79 Å². The van der Waals surface area contributed by atoms with Gasteiger partial charge < -0.3 is 14.4 Å². The minimum absolute atomic E-state index is 0.0129. The van der Waals surface area contributed by atoms with Gasteiger partial charge in [0.15, 0.2) is 18.1 Å². The highest BCUT2D eigenvalue weighted by molar-refractivity contribution is 5.78. The largest absolute Gasteiger partial charge is 0.493 e. The Bertz CT molecular complexity index is 797. The molecule has 1 fully saturated rings. The first-order valence-corrected chi connectivity index (χ1v) is 9.67. The molecule has 3 rings (SSSR count). The molecule has 1 aliphatic heterocycles. The van der Waals surface area contributed by atoms with E-state index >= 15 is 0 Å². The summed E-state index contributed by atoms with van der Waals surface area (Å²) >= 11 is 0. The number of piperazine rings is 1. The number of nitrogens with zero attached hydrogens (tertiary/aromatic N) is 2. The molecule has 2 aromatic rings. The summed E-state index contributed by atoms with van der Waals surface area (Å²) in [4.78, 5) is 16.8. The topological polar surface area (TPSA) is 42.0 Å². The SMILES string of the molecule is C/C=C/c1ccc(OCC(=O)N2CCN(Cc3ccccc3)CC2)c(OC)c1. The summed E-state index contributed by atoms with van der Waals surface area (Å²) in [7, 11) is 1.61. The van der Waals surface area contributed by atoms with Crippen molar-refractivity contribution < 1.29 is 14.3 Å². The van der Waals surface area contributed by atoms with Crippen molar-refractivity contribution in [2.75, 3.05) is 39.9 Å². The Labute approximate surface area is 167 Å². The van der Waals surface area contributed by atoms with Crippen molar-refractivity contribution in [2.24, 2.45) is 0 Å². The molecule has 1 heterocycles. The lowest BCUT2D eigenvalue weighted by Gasteiger charge is -2.34. The first-order chi connectivity index (χ1) is 13.7. The number of carbonyl (C=O) groups is 1. The summed E-state index contributed by atoms with van der Waals surface area (Å²) in [6.45, 7) is 6.13. The number of ether oxygens (including phenoxy) is 2. The van der Waals surface area contributed by atoms with Gasteiger partial charge >= 0.3 is 0 Å². The maximum absolute atomic E-state index is 12.5. The Hall–Kier alpha value is -2.79. The van der Waals surface area contributed by atoms with Crippen LogP contribution in [0, 0.1) is 0 Å². The van der Waals surface area contributed by atoms with Crippen LogP contribution in [0.3, 0.4) is 0 Å². The number of allylic oxidation sites excluding steroid dienone is 1. The Kier molecular flexibility index (Phi) is 7.09. The van der Waals surface area contributed by atoms with Gasteiger partial charge in [-0.2, -0.15) is 0 Å². The first kappa shape index (κ1) is 20.0. The molecule has 0 N–H and O–H groups in total. The van der Waals surface area contributed by atoms with E-state index in [2.05, 4.69) is 29.2 Å². The van der Waals surface area contributed by atoms with E-state index in [4.69, 9.17) is 9.47 Å². The second-order valence-electron chi connectivity index (χ2n) is 6.84. The van der Waals surface area contributed by atoms with Crippen molar-refractivity contribution in [1.29, 1.82) is 0 Å². The first-order valence-electron chi connectivity index (χ1n) is 9.67. The zero-order chi connectivity index (χ0) is 19.8. The third-order valence-corrected chi connectivity index (χ3v) is 4.87. The zero-order valence-electron chi connectivity index (χ0n) is 16.6. The molecule has 0 aromatic heterocycles. The van der Waals surface area contributed by atoms with E-state index in [-0.39, 0.29) is 12.5 Å². The third-order valence-electron chi connectivity index (χ3n) is 4.87. The summed E-state index contributed by atoms with van der Waals surface area (Å²) in [5.74, 6) is 1.24. The van der Waals surface area contributed by atoms with Crippen molar-refractivity contribution in [3.63, 3.8) is 0 Å². The maximum atomic E-state index is 12.5. The van der Waals surface area contributed by atoms with Gasteiger partial charge in [-0.15, -0.1) is 0 Å². The van der Waals surface area contributed by atoms with Crippen LogP contribution in [0.4, 0.5) is 0 Å². The normalized spacial score (nSPS) is 15.0. The van der Waals surface area contributed by atoms with Gasteiger partial charge in [-0.05, 0) is 30.2 Å². The summed E-state index contributed by atoms with van der Waals surface area (Å²) in [6, 6.07) is 16.1. The summed E-state index contributed by atoms with van der Waals surface area (Å²) < 4.78 is 11.1. The van der Waals surface area contributed by atoms with Crippen LogP contribution in [-0.2, 0) is 11.3 Å². The number of rotatable bonds is 7. The second kappa shape index (κ2) is 9.95. The highest BCUT2D eigenvalue weighted by Crippen LogP contribution is 2.28. The Morgan fingerprint density at radius 3 is 2.46 bits per heavy atom. The Balaban J connectivity index is 1.48. The molecular formula is C23H28N2O3. The molecule has 1 saturated heterocycles. The molecule has 0 saturated carbocycles. The molecule has 1 amide bonds. The fourth-order valence-electron chi connectivity index (χ4n) is 3.33. The maximum Gasteiger partial charge on any atom is 0.260 e. The number of carbonyl (C=O) groups excluding carboxylic acids is 1. The quantitative estimate of drug-likeness (QED) is 0.738. The highest BCUT2D eigenvalue weighted by atomic mass is 16.5. The lowest BCUT2D eigenvalue weighted by molar-refractivity contribution is -0.135. The third kappa shape index (κ3) is 5.36. The van der Waals surface area contributed by atoms with Crippen LogP contribution in [0.2, 0.25) is 0 Å². The fourth-order valence-corrected chi connectivity index (χ4v) is 3.33. The van der Waals surface area contributed by atoms with Crippen molar-refractivity contribution in [3.8, 4) is 11.5 Å². The fraction of sp³-hybridized carbons (Fsp3) is 0.348. The molecule has 0 atom stereocenters. The predicted octanol–water partition coefficient (Wildman–Crippen LogP) is 3.45. The van der Waals surface area contributed by atoms with Gasteiger partial charge in [-0.1, -0.05) is 48.6 Å². The van der Waals surface area contributed by atoms with Crippen molar-refractivity contribution in [2.45, 2.75) is 13.5 Å². The van der Waals surface area contributed by atoms with Crippen molar-refractivity contribution >= 4 is 12.0 Å². The molecule has 2 aromatic carbocycles. The van der Waals surface area contributed by atoms with Crippen LogP contribution < -0.4 is 9.47 Å². The van der Waals surface area contributed by atoms with E-state index in [1.807, 2.05) is 48.2 Å². The average molecular weight is 380 g/mol. The van der Waals surface area contributed by atoms with Gasteiger partial charge in [0.25, 0.3) is 5.91 Å². The minimum atomic E-state index is 0.0129. The molecule has 0 unspecified atom stereocenters. The zero-order valence-corrected chi connectivity index (χ0v) is 16.6. The van der Waals surface area contributed by atoms with Crippen molar-refractivity contribution in [3.05, 3.63) is 65.7 Å². The smallest absolute Gasteiger partial charge is 0.260 e. The monoisotopic (exact) mass is 380 g/mol. The summed E-state index contributed by atoms with van der Waals surface area (Å²) in [5, 5.41) is 0. The van der Waals surface area contributed by atoms with Gasteiger partial charge in [-0.3, -0.25) is 9.69 Å². The van der Waals surface area contributed by atoms with E-state index in [0.717, 1.165) is 38.3 Å². The lowest BCUT2D eigenvalue weighted by Crippen LogP contribution is -2.49. The molecule has 5 nitrogen and oxygen atoms in total. The standard InChI is InChI=1S/C23H28N2O3/c1-3-7-19-10-11-21(22(16-19)27-2)28-18-23(26)25-14-12-24(13-15-25)17-20-8-5-4-6-9-20/h3-11,16H,12-15,17-18H2,1-2H3/b7-3+. The van der Waals surface area contributed by atoms with E-state index in [0.29, 0.717) is 11.5 Å².